The van der Waals surface area contributed by atoms with E-state index in [1.165, 1.54) is 10.7 Å². The molecule has 0 aliphatic rings. The van der Waals surface area contributed by atoms with Crippen molar-refractivity contribution < 1.29 is 13.9 Å². The van der Waals surface area contributed by atoms with Gasteiger partial charge in [0.2, 0.25) is 5.16 Å². The number of carbonyl (C=O) groups is 1. The molecule has 0 atom stereocenters. The molecule has 2 aromatic rings. The van der Waals surface area contributed by atoms with Gasteiger partial charge in [0.25, 0.3) is 0 Å². The molecule has 0 spiro atoms. The van der Waals surface area contributed by atoms with E-state index in [2.05, 4.69) is 15.5 Å². The van der Waals surface area contributed by atoms with Gasteiger partial charge in [-0.2, -0.15) is 4.68 Å². The average molecular weight is 296 g/mol. The summed E-state index contributed by atoms with van der Waals surface area (Å²) in [7, 11) is 0. The monoisotopic (exact) mass is 296 g/mol. The summed E-state index contributed by atoms with van der Waals surface area (Å²) >= 11 is 1.09. The largest absolute Gasteiger partial charge is 0.462 e. The van der Waals surface area contributed by atoms with Crippen molar-refractivity contribution >= 4 is 17.7 Å². The van der Waals surface area contributed by atoms with Gasteiger partial charge in [-0.25, -0.2) is 4.39 Å². The van der Waals surface area contributed by atoms with E-state index in [0.29, 0.717) is 5.16 Å². The van der Waals surface area contributed by atoms with Gasteiger partial charge in [0, 0.05) is 0 Å². The Morgan fingerprint density at radius 1 is 1.45 bits per heavy atom. The van der Waals surface area contributed by atoms with Gasteiger partial charge in [0.15, 0.2) is 0 Å². The minimum atomic E-state index is -0.439. The van der Waals surface area contributed by atoms with Gasteiger partial charge in [-0.3, -0.25) is 4.79 Å². The Morgan fingerprint density at radius 2 is 2.20 bits per heavy atom. The van der Waals surface area contributed by atoms with E-state index < -0.39 is 5.82 Å². The molecular formula is C12H13FN4O2S. The number of tetrazole rings is 1. The molecule has 0 aliphatic carbocycles. The van der Waals surface area contributed by atoms with E-state index in [1.807, 2.05) is 0 Å². The summed E-state index contributed by atoms with van der Waals surface area (Å²) in [4.78, 5) is 11.5. The van der Waals surface area contributed by atoms with Gasteiger partial charge in [0.1, 0.15) is 11.5 Å². The lowest BCUT2D eigenvalue weighted by molar-refractivity contribution is -0.144. The van der Waals surface area contributed by atoms with Crippen LogP contribution in [0.2, 0.25) is 0 Å². The van der Waals surface area contributed by atoms with Crippen LogP contribution in [0.25, 0.3) is 5.69 Å². The van der Waals surface area contributed by atoms with Crippen LogP contribution >= 0.6 is 11.8 Å². The maximum Gasteiger partial charge on any atom is 0.316 e. The van der Waals surface area contributed by atoms with E-state index in [4.69, 9.17) is 4.74 Å². The predicted molar refractivity (Wildman–Crippen MR) is 71.1 cm³/mol. The third-order valence-corrected chi connectivity index (χ3v) is 3.10. The molecule has 2 rings (SSSR count). The number of benzene rings is 1. The van der Waals surface area contributed by atoms with Crippen molar-refractivity contribution in [1.29, 1.82) is 0 Å². The first-order valence-corrected chi connectivity index (χ1v) is 6.92. The van der Waals surface area contributed by atoms with Crippen LogP contribution in [-0.4, -0.2) is 38.0 Å². The number of rotatable bonds is 5. The predicted octanol–water partition coefficient (Wildman–Crippen LogP) is 1.85. The minimum absolute atomic E-state index is 0.0625. The first kappa shape index (κ1) is 14.4. The molecule has 0 radical (unpaired) electrons. The number of nitrogens with zero attached hydrogens (tertiary/aromatic N) is 4. The van der Waals surface area contributed by atoms with Crippen LogP contribution in [0, 0.1) is 5.82 Å². The number of para-hydroxylation sites is 1. The molecule has 1 heterocycles. The van der Waals surface area contributed by atoms with E-state index in [9.17, 15) is 9.18 Å². The third kappa shape index (κ3) is 3.53. The van der Waals surface area contributed by atoms with Gasteiger partial charge < -0.3 is 4.74 Å². The molecule has 0 aliphatic heterocycles. The van der Waals surface area contributed by atoms with Crippen LogP contribution < -0.4 is 0 Å². The zero-order chi connectivity index (χ0) is 14.5. The van der Waals surface area contributed by atoms with Crippen molar-refractivity contribution in [2.75, 3.05) is 5.75 Å². The zero-order valence-electron chi connectivity index (χ0n) is 11.0. The molecular weight excluding hydrogens is 283 g/mol. The number of halogens is 1. The molecule has 8 heteroatoms. The molecule has 20 heavy (non-hydrogen) atoms. The standard InChI is InChI=1S/C12H13FN4O2S/c1-8(2)19-11(18)7-20-12-14-15-16-17(12)10-6-4-3-5-9(10)13/h3-6,8H,7H2,1-2H3. The number of hydrogen-bond acceptors (Lipinski definition) is 6. The van der Waals surface area contributed by atoms with Crippen molar-refractivity contribution in [1.82, 2.24) is 20.2 Å². The fourth-order valence-electron chi connectivity index (χ4n) is 1.46. The Bertz CT molecular complexity index is 603. The van der Waals surface area contributed by atoms with E-state index in [-0.39, 0.29) is 23.5 Å². The molecule has 0 amide bonds. The van der Waals surface area contributed by atoms with Crippen LogP contribution in [0.4, 0.5) is 4.39 Å². The number of hydrogen-bond donors (Lipinski definition) is 0. The van der Waals surface area contributed by atoms with Gasteiger partial charge in [-0.1, -0.05) is 23.9 Å². The summed E-state index contributed by atoms with van der Waals surface area (Å²) in [6.45, 7) is 3.54. The zero-order valence-corrected chi connectivity index (χ0v) is 11.8. The summed E-state index contributed by atoms with van der Waals surface area (Å²) in [5.41, 5.74) is 0.234. The van der Waals surface area contributed by atoms with Crippen LogP contribution in [-0.2, 0) is 9.53 Å². The topological polar surface area (TPSA) is 69.9 Å². The summed E-state index contributed by atoms with van der Waals surface area (Å²) < 4.78 is 19.9. The molecule has 0 fully saturated rings. The lowest BCUT2D eigenvalue weighted by atomic mass is 10.3. The molecule has 0 unspecified atom stereocenters. The van der Waals surface area contributed by atoms with Gasteiger partial charge in [-0.15, -0.1) is 5.10 Å². The van der Waals surface area contributed by atoms with Crippen LogP contribution in [0.1, 0.15) is 13.8 Å². The first-order chi connectivity index (χ1) is 9.58. The smallest absolute Gasteiger partial charge is 0.316 e. The summed E-state index contributed by atoms with van der Waals surface area (Å²) in [6.07, 6.45) is -0.175. The second-order valence-electron chi connectivity index (χ2n) is 4.15. The summed E-state index contributed by atoms with van der Waals surface area (Å²) in [6, 6.07) is 6.14. The Labute approximate surface area is 119 Å². The molecule has 0 bridgehead atoms. The quantitative estimate of drug-likeness (QED) is 0.619. The second-order valence-corrected chi connectivity index (χ2v) is 5.09. The number of ether oxygens (including phenoxy) is 1. The minimum Gasteiger partial charge on any atom is -0.462 e. The van der Waals surface area contributed by atoms with Crippen molar-refractivity contribution in [2.45, 2.75) is 25.1 Å². The number of esters is 1. The Hall–Kier alpha value is -1.96. The van der Waals surface area contributed by atoms with Gasteiger partial charge in [-0.05, 0) is 36.4 Å². The Balaban J connectivity index is 2.10. The highest BCUT2D eigenvalue weighted by molar-refractivity contribution is 7.99. The number of aromatic nitrogens is 4. The van der Waals surface area contributed by atoms with E-state index in [0.717, 1.165) is 11.8 Å². The highest BCUT2D eigenvalue weighted by Crippen LogP contribution is 2.20. The molecule has 0 saturated carbocycles. The molecule has 0 saturated heterocycles. The van der Waals surface area contributed by atoms with Gasteiger partial charge in [0.05, 0.1) is 11.9 Å². The van der Waals surface area contributed by atoms with Gasteiger partial charge >= 0.3 is 5.97 Å². The lowest BCUT2D eigenvalue weighted by Crippen LogP contribution is -2.13. The molecule has 1 aromatic carbocycles. The highest BCUT2D eigenvalue weighted by Gasteiger charge is 2.15. The highest BCUT2D eigenvalue weighted by atomic mass is 32.2. The lowest BCUT2D eigenvalue weighted by Gasteiger charge is -2.07. The van der Waals surface area contributed by atoms with Crippen molar-refractivity contribution in [3.05, 3.63) is 30.1 Å². The summed E-state index contributed by atoms with van der Waals surface area (Å²) in [5.74, 6) is -0.744. The van der Waals surface area contributed by atoms with Crippen LogP contribution in [0.5, 0.6) is 0 Å². The molecule has 1 aromatic heterocycles. The van der Waals surface area contributed by atoms with E-state index in [1.54, 1.807) is 32.0 Å². The maximum absolute atomic E-state index is 13.7. The van der Waals surface area contributed by atoms with E-state index >= 15 is 0 Å². The second kappa shape index (κ2) is 6.47. The third-order valence-electron chi connectivity index (χ3n) is 2.21. The normalized spacial score (nSPS) is 10.8. The average Bonchev–Trinajstić information content (AvgIpc) is 2.84. The number of thioether (sulfide) groups is 1. The SMILES string of the molecule is CC(C)OC(=O)CSc1nnnn1-c1ccccc1F. The van der Waals surface area contributed by atoms with Crippen molar-refractivity contribution in [3.63, 3.8) is 0 Å². The fourth-order valence-corrected chi connectivity index (χ4v) is 2.13. The fraction of sp³-hybridized carbons (Fsp3) is 0.333. The maximum atomic E-state index is 13.7. The molecule has 106 valence electrons. The molecule has 0 N–H and O–H groups in total. The Morgan fingerprint density at radius 3 is 2.90 bits per heavy atom. The summed E-state index contributed by atoms with van der Waals surface area (Å²) in [5, 5.41) is 11.3. The molecule has 6 nitrogen and oxygen atoms in total. The van der Waals surface area contributed by atoms with Crippen molar-refractivity contribution in [2.24, 2.45) is 0 Å². The van der Waals surface area contributed by atoms with Crippen LogP contribution in [0.15, 0.2) is 29.4 Å². The van der Waals surface area contributed by atoms with Crippen molar-refractivity contribution in [3.8, 4) is 5.69 Å². The van der Waals surface area contributed by atoms with Crippen LogP contribution in [0.3, 0.4) is 0 Å². The number of carbonyl (C=O) groups excluding carboxylic acids is 1. The first-order valence-electron chi connectivity index (χ1n) is 5.93. The Kier molecular flexibility index (Phi) is 4.67.